The second-order valence-electron chi connectivity index (χ2n) is 7.10. The Bertz CT molecular complexity index is 1520. The van der Waals surface area contributed by atoms with Crippen LogP contribution in [0.5, 0.6) is 0 Å². The number of amides is 1. The van der Waals surface area contributed by atoms with Gasteiger partial charge in [0.2, 0.25) is 0 Å². The number of imidazole rings is 1. The van der Waals surface area contributed by atoms with E-state index in [1.807, 2.05) is 29.7 Å². The van der Waals surface area contributed by atoms with Crippen molar-refractivity contribution in [3.8, 4) is 0 Å². The van der Waals surface area contributed by atoms with Gasteiger partial charge in [-0.05, 0) is 25.1 Å². The molecule has 168 valence electrons. The highest BCUT2D eigenvalue weighted by atomic mass is 79.9. The van der Waals surface area contributed by atoms with E-state index in [-0.39, 0.29) is 17.7 Å². The molecular formula is C20H21BrN6O4S. The van der Waals surface area contributed by atoms with Crippen LogP contribution in [0.25, 0.3) is 21.4 Å². The highest BCUT2D eigenvalue weighted by molar-refractivity contribution is 9.10. The number of hydrogen-bond donors (Lipinski definition) is 0. The van der Waals surface area contributed by atoms with E-state index in [0.717, 1.165) is 19.3 Å². The zero-order valence-corrected chi connectivity index (χ0v) is 20.1. The van der Waals surface area contributed by atoms with Crippen molar-refractivity contribution in [2.45, 2.75) is 20.0 Å². The highest BCUT2D eigenvalue weighted by Crippen LogP contribution is 2.22. The molecule has 0 atom stereocenters. The molecule has 0 saturated carbocycles. The molecule has 4 rings (SSSR count). The summed E-state index contributed by atoms with van der Waals surface area (Å²) in [6.45, 7) is 3.41. The molecule has 3 aromatic heterocycles. The Labute approximate surface area is 194 Å². The van der Waals surface area contributed by atoms with Crippen molar-refractivity contribution < 1.29 is 9.53 Å². The van der Waals surface area contributed by atoms with Gasteiger partial charge in [0, 0.05) is 31.7 Å². The quantitative estimate of drug-likeness (QED) is 0.357. The number of carbonyl (C=O) groups is 1. The van der Waals surface area contributed by atoms with Gasteiger partial charge in [-0.15, -0.1) is 0 Å². The second-order valence-corrected chi connectivity index (χ2v) is 9.03. The van der Waals surface area contributed by atoms with Gasteiger partial charge in [-0.25, -0.2) is 9.78 Å². The first-order valence-electron chi connectivity index (χ1n) is 9.86. The molecule has 0 fully saturated rings. The van der Waals surface area contributed by atoms with Crippen LogP contribution in [-0.2, 0) is 36.7 Å². The highest BCUT2D eigenvalue weighted by Gasteiger charge is 2.16. The number of aromatic nitrogens is 5. The molecule has 0 spiro atoms. The van der Waals surface area contributed by atoms with Crippen LogP contribution in [-0.4, -0.2) is 42.4 Å². The lowest BCUT2D eigenvalue weighted by Crippen LogP contribution is -2.37. The van der Waals surface area contributed by atoms with Gasteiger partial charge in [-0.3, -0.25) is 18.7 Å². The van der Waals surface area contributed by atoms with Gasteiger partial charge in [0.05, 0.1) is 23.2 Å². The van der Waals surface area contributed by atoms with E-state index in [1.165, 1.54) is 40.9 Å². The standard InChI is InChI=1S/C20H21BrN6O4S/c1-4-31-8-7-27-13-6-5-12(21)9-14(13)32-19(27)23-15(28)10-26-11-22-17-16(26)18(29)25(3)20(30)24(17)2/h5-6,9,11H,4,7-8,10H2,1-3H3. The Morgan fingerprint density at radius 2 is 2.03 bits per heavy atom. The van der Waals surface area contributed by atoms with Crippen LogP contribution in [0, 0.1) is 0 Å². The molecule has 0 bridgehead atoms. The van der Waals surface area contributed by atoms with Gasteiger partial charge in [-0.2, -0.15) is 4.99 Å². The fraction of sp³-hybridized carbons (Fsp3) is 0.350. The average Bonchev–Trinajstić information content (AvgIpc) is 3.32. The summed E-state index contributed by atoms with van der Waals surface area (Å²) in [5.41, 5.74) is 0.385. The fourth-order valence-corrected chi connectivity index (χ4v) is 5.08. The topological polar surface area (TPSA) is 105 Å². The Hall–Kier alpha value is -2.83. The summed E-state index contributed by atoms with van der Waals surface area (Å²) >= 11 is 4.88. The van der Waals surface area contributed by atoms with Crippen molar-refractivity contribution in [3.05, 3.63) is 54.6 Å². The van der Waals surface area contributed by atoms with E-state index in [2.05, 4.69) is 25.9 Å². The van der Waals surface area contributed by atoms with Gasteiger partial charge in [0.1, 0.15) is 6.54 Å². The van der Waals surface area contributed by atoms with Crippen molar-refractivity contribution in [2.75, 3.05) is 13.2 Å². The van der Waals surface area contributed by atoms with Crippen molar-refractivity contribution >= 4 is 54.6 Å². The second kappa shape index (κ2) is 8.96. The van der Waals surface area contributed by atoms with E-state index < -0.39 is 17.2 Å². The summed E-state index contributed by atoms with van der Waals surface area (Å²) in [5.74, 6) is -0.434. The predicted octanol–water partition coefficient (Wildman–Crippen LogP) is 1.38. The van der Waals surface area contributed by atoms with Gasteiger partial charge in [0.25, 0.3) is 11.5 Å². The maximum absolute atomic E-state index is 12.9. The molecular weight excluding hydrogens is 500 g/mol. The van der Waals surface area contributed by atoms with Crippen molar-refractivity contribution in [1.29, 1.82) is 0 Å². The molecule has 0 saturated heterocycles. The molecule has 4 aromatic rings. The minimum absolute atomic E-state index is 0.173. The SMILES string of the molecule is CCOCCn1c(=NC(=O)Cn2cnc3c2c(=O)n(C)c(=O)n3C)sc2cc(Br)ccc21. The molecule has 0 aliphatic heterocycles. The summed E-state index contributed by atoms with van der Waals surface area (Å²) in [7, 11) is 2.93. The smallest absolute Gasteiger partial charge is 0.332 e. The fourth-order valence-electron chi connectivity index (χ4n) is 3.45. The van der Waals surface area contributed by atoms with E-state index >= 15 is 0 Å². The number of halogens is 1. The van der Waals surface area contributed by atoms with Crippen LogP contribution >= 0.6 is 27.3 Å². The maximum Gasteiger partial charge on any atom is 0.332 e. The first-order valence-corrected chi connectivity index (χ1v) is 11.5. The molecule has 3 heterocycles. The number of thiazole rings is 1. The summed E-state index contributed by atoms with van der Waals surface area (Å²) in [4.78, 5) is 46.6. The number of ether oxygens (including phenoxy) is 1. The third-order valence-corrected chi connectivity index (χ3v) is 6.59. The first-order chi connectivity index (χ1) is 15.3. The third-order valence-electron chi connectivity index (χ3n) is 5.05. The summed E-state index contributed by atoms with van der Waals surface area (Å²) in [6, 6.07) is 5.89. The predicted molar refractivity (Wildman–Crippen MR) is 125 cm³/mol. The van der Waals surface area contributed by atoms with Crippen molar-refractivity contribution in [3.63, 3.8) is 0 Å². The van der Waals surface area contributed by atoms with Crippen LogP contribution in [0.2, 0.25) is 0 Å². The molecule has 1 aromatic carbocycles. The van der Waals surface area contributed by atoms with Gasteiger partial charge < -0.3 is 13.9 Å². The zero-order chi connectivity index (χ0) is 23.0. The molecule has 0 unspecified atom stereocenters. The molecule has 0 aliphatic rings. The molecule has 32 heavy (non-hydrogen) atoms. The van der Waals surface area contributed by atoms with Crippen LogP contribution in [0.4, 0.5) is 0 Å². The summed E-state index contributed by atoms with van der Waals surface area (Å²) < 4.78 is 13.1. The van der Waals surface area contributed by atoms with E-state index in [0.29, 0.717) is 24.6 Å². The molecule has 1 amide bonds. The number of hydrogen-bond acceptors (Lipinski definition) is 6. The van der Waals surface area contributed by atoms with E-state index in [9.17, 15) is 14.4 Å². The molecule has 10 nitrogen and oxygen atoms in total. The van der Waals surface area contributed by atoms with Crippen LogP contribution in [0.3, 0.4) is 0 Å². The summed E-state index contributed by atoms with van der Waals surface area (Å²) in [6.07, 6.45) is 1.38. The van der Waals surface area contributed by atoms with Crippen molar-refractivity contribution in [2.24, 2.45) is 19.1 Å². The Kier molecular flexibility index (Phi) is 6.26. The minimum Gasteiger partial charge on any atom is -0.380 e. The molecule has 0 aliphatic carbocycles. The number of nitrogens with zero attached hydrogens (tertiary/aromatic N) is 6. The van der Waals surface area contributed by atoms with Gasteiger partial charge >= 0.3 is 5.69 Å². The van der Waals surface area contributed by atoms with Crippen LogP contribution < -0.4 is 16.1 Å². The maximum atomic E-state index is 12.9. The largest absolute Gasteiger partial charge is 0.380 e. The van der Waals surface area contributed by atoms with Gasteiger partial charge in [-0.1, -0.05) is 27.3 Å². The first kappa shape index (κ1) is 22.4. The van der Waals surface area contributed by atoms with Crippen LogP contribution in [0.1, 0.15) is 6.92 Å². The average molecular weight is 521 g/mol. The van der Waals surface area contributed by atoms with Gasteiger partial charge in [0.15, 0.2) is 16.0 Å². The molecule has 12 heteroatoms. The number of fused-ring (bicyclic) bond motifs is 2. The van der Waals surface area contributed by atoms with E-state index in [1.54, 1.807) is 0 Å². The molecule has 0 radical (unpaired) electrons. The lowest BCUT2D eigenvalue weighted by molar-refractivity contribution is -0.118. The van der Waals surface area contributed by atoms with E-state index in [4.69, 9.17) is 4.74 Å². The minimum atomic E-state index is -0.508. The number of aryl methyl sites for hydroxylation is 1. The molecule has 0 N–H and O–H groups in total. The zero-order valence-electron chi connectivity index (χ0n) is 17.7. The Balaban J connectivity index is 1.75. The van der Waals surface area contributed by atoms with Crippen LogP contribution in [0.15, 0.2) is 43.6 Å². The number of carbonyl (C=O) groups excluding carboxylic acids is 1. The summed E-state index contributed by atoms with van der Waals surface area (Å²) in [5, 5.41) is 0. The Morgan fingerprint density at radius 3 is 2.78 bits per heavy atom. The lowest BCUT2D eigenvalue weighted by Gasteiger charge is -2.06. The number of benzene rings is 1. The lowest BCUT2D eigenvalue weighted by atomic mass is 10.3. The normalized spacial score (nSPS) is 12.3. The Morgan fingerprint density at radius 1 is 1.25 bits per heavy atom. The monoisotopic (exact) mass is 520 g/mol. The number of rotatable bonds is 6. The van der Waals surface area contributed by atoms with Crippen molar-refractivity contribution in [1.82, 2.24) is 23.3 Å². The third kappa shape index (κ3) is 4.00.